The van der Waals surface area contributed by atoms with Gasteiger partial charge in [0.15, 0.2) is 0 Å². The first-order valence-corrected chi connectivity index (χ1v) is 7.68. The molecule has 0 N–H and O–H groups in total. The summed E-state index contributed by atoms with van der Waals surface area (Å²) in [6, 6.07) is 3.92. The molecule has 0 saturated carbocycles. The van der Waals surface area contributed by atoms with Crippen LogP contribution in [0.3, 0.4) is 0 Å². The Bertz CT molecular complexity index is 490. The molecule has 1 fully saturated rings. The van der Waals surface area contributed by atoms with Crippen molar-refractivity contribution in [1.29, 1.82) is 0 Å². The molecule has 3 nitrogen and oxygen atoms in total. The van der Waals surface area contributed by atoms with Gasteiger partial charge in [-0.15, -0.1) is 0 Å². The highest BCUT2D eigenvalue weighted by atomic mass is 35.5. The molecule has 0 radical (unpaired) electrons. The van der Waals surface area contributed by atoms with E-state index in [2.05, 4.69) is 22.9 Å². The topological polar surface area (TPSA) is 25.4 Å². The Morgan fingerprint density at radius 2 is 2.15 bits per heavy atom. The SMILES string of the molecule is CC1=CC2(CCN(Cc3ccc(Cl)cn3)CC2)OCC1. The van der Waals surface area contributed by atoms with E-state index in [9.17, 15) is 0 Å². The maximum Gasteiger partial charge on any atom is 0.0889 e. The zero-order valence-corrected chi connectivity index (χ0v) is 12.7. The summed E-state index contributed by atoms with van der Waals surface area (Å²) in [7, 11) is 0. The van der Waals surface area contributed by atoms with Gasteiger partial charge in [0.1, 0.15) is 0 Å². The summed E-state index contributed by atoms with van der Waals surface area (Å²) in [6.45, 7) is 6.12. The van der Waals surface area contributed by atoms with Crippen LogP contribution in [0.25, 0.3) is 0 Å². The van der Waals surface area contributed by atoms with Crippen molar-refractivity contribution in [3.05, 3.63) is 40.7 Å². The Labute approximate surface area is 125 Å². The Kier molecular flexibility index (Phi) is 4.11. The third kappa shape index (κ3) is 3.22. The molecular weight excluding hydrogens is 272 g/mol. The molecule has 108 valence electrons. The van der Waals surface area contributed by atoms with Gasteiger partial charge in [0.25, 0.3) is 0 Å². The lowest BCUT2D eigenvalue weighted by Gasteiger charge is -2.42. The van der Waals surface area contributed by atoms with E-state index in [4.69, 9.17) is 16.3 Å². The number of aromatic nitrogens is 1. The smallest absolute Gasteiger partial charge is 0.0889 e. The van der Waals surface area contributed by atoms with Gasteiger partial charge in [-0.05, 0) is 38.3 Å². The van der Waals surface area contributed by atoms with Gasteiger partial charge in [-0.3, -0.25) is 9.88 Å². The first-order chi connectivity index (χ1) is 9.65. The van der Waals surface area contributed by atoms with Crippen LogP contribution in [0.5, 0.6) is 0 Å². The number of halogens is 1. The van der Waals surface area contributed by atoms with Crippen LogP contribution in [-0.4, -0.2) is 35.2 Å². The number of hydrogen-bond donors (Lipinski definition) is 0. The highest BCUT2D eigenvalue weighted by Gasteiger charge is 2.35. The van der Waals surface area contributed by atoms with Crippen LogP contribution in [-0.2, 0) is 11.3 Å². The predicted octanol–water partition coefficient (Wildman–Crippen LogP) is 3.44. The molecule has 1 aromatic rings. The molecule has 3 rings (SSSR count). The second kappa shape index (κ2) is 5.84. The third-order valence-corrected chi connectivity index (χ3v) is 4.50. The van der Waals surface area contributed by atoms with Crippen LogP contribution >= 0.6 is 11.6 Å². The number of hydrogen-bond acceptors (Lipinski definition) is 3. The fraction of sp³-hybridized carbons (Fsp3) is 0.562. The summed E-state index contributed by atoms with van der Waals surface area (Å²) >= 11 is 5.87. The van der Waals surface area contributed by atoms with E-state index in [0.29, 0.717) is 5.02 Å². The molecule has 1 saturated heterocycles. The van der Waals surface area contributed by atoms with Gasteiger partial charge >= 0.3 is 0 Å². The number of nitrogens with zero attached hydrogens (tertiary/aromatic N) is 2. The van der Waals surface area contributed by atoms with Crippen LogP contribution in [0.2, 0.25) is 5.02 Å². The molecule has 1 aromatic heterocycles. The summed E-state index contributed by atoms with van der Waals surface area (Å²) in [5, 5.41) is 0.697. The summed E-state index contributed by atoms with van der Waals surface area (Å²) in [6.07, 6.45) is 7.32. The van der Waals surface area contributed by atoms with Crippen LogP contribution in [0.1, 0.15) is 31.9 Å². The second-order valence-electron chi connectivity index (χ2n) is 5.90. The highest BCUT2D eigenvalue weighted by Crippen LogP contribution is 2.33. The maximum absolute atomic E-state index is 6.05. The van der Waals surface area contributed by atoms with Gasteiger partial charge in [0.2, 0.25) is 0 Å². The lowest BCUT2D eigenvalue weighted by molar-refractivity contribution is -0.0578. The van der Waals surface area contributed by atoms with Crippen LogP contribution in [0.4, 0.5) is 0 Å². The molecule has 2 aliphatic rings. The average Bonchev–Trinajstić information content (AvgIpc) is 2.44. The standard InChI is InChI=1S/C16H21ClN2O/c1-13-4-9-20-16(10-13)5-7-19(8-6-16)12-15-3-2-14(17)11-18-15/h2-3,10-11H,4-9,12H2,1H3. The van der Waals surface area contributed by atoms with E-state index in [1.165, 1.54) is 5.57 Å². The van der Waals surface area contributed by atoms with Gasteiger partial charge in [-0.2, -0.15) is 0 Å². The maximum atomic E-state index is 6.05. The van der Waals surface area contributed by atoms with Crippen LogP contribution in [0.15, 0.2) is 30.0 Å². The van der Waals surface area contributed by atoms with Crippen molar-refractivity contribution in [2.45, 2.75) is 38.3 Å². The minimum absolute atomic E-state index is 0.00621. The minimum Gasteiger partial charge on any atom is -0.370 e. The van der Waals surface area contributed by atoms with Crippen LogP contribution < -0.4 is 0 Å². The number of rotatable bonds is 2. The van der Waals surface area contributed by atoms with E-state index in [-0.39, 0.29) is 5.60 Å². The van der Waals surface area contributed by atoms with E-state index in [1.807, 2.05) is 12.1 Å². The zero-order valence-electron chi connectivity index (χ0n) is 11.9. The van der Waals surface area contributed by atoms with Crippen molar-refractivity contribution in [2.24, 2.45) is 0 Å². The summed E-state index contributed by atoms with van der Waals surface area (Å²) in [5.74, 6) is 0. The Morgan fingerprint density at radius 3 is 2.80 bits per heavy atom. The molecule has 0 bridgehead atoms. The molecular formula is C16H21ClN2O. The van der Waals surface area contributed by atoms with Crippen molar-refractivity contribution in [3.8, 4) is 0 Å². The van der Waals surface area contributed by atoms with Gasteiger partial charge in [0.05, 0.1) is 22.9 Å². The summed E-state index contributed by atoms with van der Waals surface area (Å²) in [5.41, 5.74) is 2.57. The molecule has 2 aliphatic heterocycles. The molecule has 0 aliphatic carbocycles. The monoisotopic (exact) mass is 292 g/mol. The number of pyridine rings is 1. The minimum atomic E-state index is 0.00621. The average molecular weight is 293 g/mol. The molecule has 0 atom stereocenters. The second-order valence-corrected chi connectivity index (χ2v) is 6.33. The fourth-order valence-corrected chi connectivity index (χ4v) is 3.20. The highest BCUT2D eigenvalue weighted by molar-refractivity contribution is 6.30. The molecule has 20 heavy (non-hydrogen) atoms. The zero-order chi connectivity index (χ0) is 14.0. The molecule has 1 spiro atoms. The predicted molar refractivity (Wildman–Crippen MR) is 80.8 cm³/mol. The van der Waals surface area contributed by atoms with Crippen molar-refractivity contribution >= 4 is 11.6 Å². The largest absolute Gasteiger partial charge is 0.370 e. The van der Waals surface area contributed by atoms with Gasteiger partial charge in [-0.25, -0.2) is 0 Å². The van der Waals surface area contributed by atoms with Crippen molar-refractivity contribution < 1.29 is 4.74 Å². The van der Waals surface area contributed by atoms with Crippen molar-refractivity contribution in [1.82, 2.24) is 9.88 Å². The summed E-state index contributed by atoms with van der Waals surface area (Å²) < 4.78 is 6.05. The molecule has 0 amide bonds. The Hall–Kier alpha value is -0.900. The van der Waals surface area contributed by atoms with Crippen molar-refractivity contribution in [3.63, 3.8) is 0 Å². The van der Waals surface area contributed by atoms with E-state index in [0.717, 1.165) is 51.2 Å². The third-order valence-electron chi connectivity index (χ3n) is 4.27. The van der Waals surface area contributed by atoms with Crippen molar-refractivity contribution in [2.75, 3.05) is 19.7 Å². The lowest BCUT2D eigenvalue weighted by Crippen LogP contribution is -2.46. The van der Waals surface area contributed by atoms with E-state index in [1.54, 1.807) is 6.20 Å². The van der Waals surface area contributed by atoms with E-state index >= 15 is 0 Å². The first-order valence-electron chi connectivity index (χ1n) is 7.30. The molecule has 4 heteroatoms. The van der Waals surface area contributed by atoms with Gasteiger partial charge in [-0.1, -0.05) is 23.3 Å². The number of piperidine rings is 1. The van der Waals surface area contributed by atoms with Crippen LogP contribution in [0, 0.1) is 0 Å². The number of likely N-dealkylation sites (tertiary alicyclic amines) is 1. The van der Waals surface area contributed by atoms with Gasteiger partial charge < -0.3 is 4.74 Å². The normalized spacial score (nSPS) is 22.8. The van der Waals surface area contributed by atoms with Gasteiger partial charge in [0, 0.05) is 25.8 Å². The molecule has 3 heterocycles. The molecule has 0 aromatic carbocycles. The summed E-state index contributed by atoms with van der Waals surface area (Å²) in [4.78, 5) is 6.82. The lowest BCUT2D eigenvalue weighted by atomic mass is 9.87. The quantitative estimate of drug-likeness (QED) is 0.781. The first kappa shape index (κ1) is 14.1. The molecule has 0 unspecified atom stereocenters. The Balaban J connectivity index is 1.58. The Morgan fingerprint density at radius 1 is 1.35 bits per heavy atom. The fourth-order valence-electron chi connectivity index (χ4n) is 3.09. The number of ether oxygens (including phenoxy) is 1. The van der Waals surface area contributed by atoms with E-state index < -0.39 is 0 Å².